The second-order valence-electron chi connectivity index (χ2n) is 6.90. The average Bonchev–Trinajstić information content (AvgIpc) is 2.97. The molecule has 7 nitrogen and oxygen atoms in total. The van der Waals surface area contributed by atoms with Crippen molar-refractivity contribution in [2.75, 3.05) is 6.61 Å². The number of fused-ring (bicyclic) bond motifs is 1. The number of ether oxygens (including phenoxy) is 1. The Bertz CT molecular complexity index is 934. The van der Waals surface area contributed by atoms with Crippen molar-refractivity contribution in [3.05, 3.63) is 70.8 Å². The summed E-state index contributed by atoms with van der Waals surface area (Å²) in [6, 6.07) is 13.1. The number of hydrogen-bond donors (Lipinski definition) is 1. The second kappa shape index (κ2) is 8.68. The number of esters is 1. The van der Waals surface area contributed by atoms with Crippen LogP contribution in [0.4, 0.5) is 0 Å². The molecule has 1 N–H and O–H groups in total. The molecular formula is C22H22N2O5. The summed E-state index contributed by atoms with van der Waals surface area (Å²) in [7, 11) is 0. The Morgan fingerprint density at radius 1 is 1.03 bits per heavy atom. The zero-order valence-electron chi connectivity index (χ0n) is 16.3. The molecular weight excluding hydrogens is 372 g/mol. The number of nitrogens with one attached hydrogen (secondary N) is 1. The Labute approximate surface area is 168 Å². The van der Waals surface area contributed by atoms with Crippen LogP contribution in [0, 0.1) is 0 Å². The Hall–Kier alpha value is -3.48. The summed E-state index contributed by atoms with van der Waals surface area (Å²) in [6.45, 7) is 3.48. The second-order valence-corrected chi connectivity index (χ2v) is 6.90. The summed E-state index contributed by atoms with van der Waals surface area (Å²) in [5.41, 5.74) is 1.61. The summed E-state index contributed by atoms with van der Waals surface area (Å²) < 4.78 is 5.05. The summed E-state index contributed by atoms with van der Waals surface area (Å²) in [5.74, 6) is -1.73. The van der Waals surface area contributed by atoms with Crippen LogP contribution in [0.15, 0.2) is 48.5 Å². The first-order chi connectivity index (χ1) is 13.9. The highest BCUT2D eigenvalue weighted by molar-refractivity contribution is 6.21. The molecule has 0 bridgehead atoms. The first-order valence-corrected chi connectivity index (χ1v) is 9.41. The third-order valence-corrected chi connectivity index (χ3v) is 4.74. The molecule has 0 fully saturated rings. The molecule has 0 unspecified atom stereocenters. The van der Waals surface area contributed by atoms with E-state index in [2.05, 4.69) is 5.32 Å². The van der Waals surface area contributed by atoms with Crippen LogP contribution >= 0.6 is 0 Å². The summed E-state index contributed by atoms with van der Waals surface area (Å²) in [6.07, 6.45) is 0.777. The third-order valence-electron chi connectivity index (χ3n) is 4.74. The van der Waals surface area contributed by atoms with Crippen molar-refractivity contribution in [2.45, 2.75) is 32.9 Å². The Kier molecular flexibility index (Phi) is 6.07. The van der Waals surface area contributed by atoms with E-state index in [0.717, 1.165) is 11.3 Å². The summed E-state index contributed by atoms with van der Waals surface area (Å²) >= 11 is 0. The molecule has 7 heteroatoms. The van der Waals surface area contributed by atoms with Gasteiger partial charge in [0.15, 0.2) is 6.61 Å². The SMILES string of the molecule is CC[C@H](C)NC(=O)COC(=O)c1cccc(CN2C(=O)c3ccccc3C2=O)c1. The molecule has 1 aliphatic heterocycles. The Morgan fingerprint density at radius 3 is 2.31 bits per heavy atom. The highest BCUT2D eigenvalue weighted by atomic mass is 16.5. The largest absolute Gasteiger partial charge is 0.452 e. The van der Waals surface area contributed by atoms with Crippen LogP contribution in [0.5, 0.6) is 0 Å². The van der Waals surface area contributed by atoms with E-state index >= 15 is 0 Å². The molecule has 1 atom stereocenters. The van der Waals surface area contributed by atoms with E-state index in [1.165, 1.54) is 0 Å². The molecule has 0 saturated carbocycles. The van der Waals surface area contributed by atoms with Crippen molar-refractivity contribution in [1.29, 1.82) is 0 Å². The van der Waals surface area contributed by atoms with E-state index in [4.69, 9.17) is 4.74 Å². The normalized spacial score (nSPS) is 13.8. The number of carbonyl (C=O) groups is 4. The smallest absolute Gasteiger partial charge is 0.338 e. The van der Waals surface area contributed by atoms with Crippen LogP contribution in [-0.4, -0.2) is 41.2 Å². The van der Waals surface area contributed by atoms with Gasteiger partial charge < -0.3 is 10.1 Å². The average molecular weight is 394 g/mol. The van der Waals surface area contributed by atoms with Crippen molar-refractivity contribution in [3.63, 3.8) is 0 Å². The van der Waals surface area contributed by atoms with Crippen LogP contribution in [0.1, 0.15) is 56.9 Å². The molecule has 0 aromatic heterocycles. The molecule has 0 aliphatic carbocycles. The lowest BCUT2D eigenvalue weighted by atomic mass is 10.1. The highest BCUT2D eigenvalue weighted by Gasteiger charge is 2.35. The van der Waals surface area contributed by atoms with E-state index < -0.39 is 5.97 Å². The molecule has 0 saturated heterocycles. The Morgan fingerprint density at radius 2 is 1.69 bits per heavy atom. The van der Waals surface area contributed by atoms with Gasteiger partial charge in [0.25, 0.3) is 17.7 Å². The van der Waals surface area contributed by atoms with E-state index in [9.17, 15) is 19.2 Å². The standard InChI is InChI=1S/C22H22N2O5/c1-3-14(2)23-19(25)13-29-22(28)16-8-6-7-15(11-16)12-24-20(26)17-9-4-5-10-18(17)21(24)27/h4-11,14H,3,12-13H2,1-2H3,(H,23,25)/t14-/m0/s1. The van der Waals surface area contributed by atoms with E-state index in [1.54, 1.807) is 48.5 Å². The van der Waals surface area contributed by atoms with Gasteiger partial charge in [-0.05, 0) is 43.2 Å². The molecule has 2 aromatic rings. The first-order valence-electron chi connectivity index (χ1n) is 9.41. The fourth-order valence-electron chi connectivity index (χ4n) is 2.99. The van der Waals surface area contributed by atoms with Crippen molar-refractivity contribution in [3.8, 4) is 0 Å². The molecule has 1 heterocycles. The number of carbonyl (C=O) groups excluding carboxylic acids is 4. The lowest BCUT2D eigenvalue weighted by molar-refractivity contribution is -0.124. The number of amides is 3. The molecule has 0 spiro atoms. The maximum absolute atomic E-state index is 12.5. The van der Waals surface area contributed by atoms with Gasteiger partial charge in [-0.1, -0.05) is 31.2 Å². The maximum atomic E-state index is 12.5. The van der Waals surface area contributed by atoms with Crippen molar-refractivity contribution in [2.24, 2.45) is 0 Å². The van der Waals surface area contributed by atoms with Crippen LogP contribution in [0.2, 0.25) is 0 Å². The van der Waals surface area contributed by atoms with Gasteiger partial charge in [-0.25, -0.2) is 4.79 Å². The number of benzene rings is 2. The predicted octanol–water partition coefficient (Wildman–Crippen LogP) is 2.55. The van der Waals surface area contributed by atoms with Gasteiger partial charge in [0.05, 0.1) is 23.2 Å². The van der Waals surface area contributed by atoms with Crippen LogP contribution in [-0.2, 0) is 16.1 Å². The highest BCUT2D eigenvalue weighted by Crippen LogP contribution is 2.24. The van der Waals surface area contributed by atoms with Gasteiger partial charge >= 0.3 is 5.97 Å². The maximum Gasteiger partial charge on any atom is 0.338 e. The number of nitrogens with zero attached hydrogens (tertiary/aromatic N) is 1. The molecule has 0 radical (unpaired) electrons. The predicted molar refractivity (Wildman–Crippen MR) is 105 cm³/mol. The molecule has 3 rings (SSSR count). The fraction of sp³-hybridized carbons (Fsp3) is 0.273. The number of rotatable bonds is 7. The van der Waals surface area contributed by atoms with Crippen molar-refractivity contribution < 1.29 is 23.9 Å². The summed E-state index contributed by atoms with van der Waals surface area (Å²) in [5, 5.41) is 2.72. The van der Waals surface area contributed by atoms with Gasteiger partial charge in [-0.3, -0.25) is 19.3 Å². The van der Waals surface area contributed by atoms with Crippen LogP contribution < -0.4 is 5.32 Å². The van der Waals surface area contributed by atoms with Gasteiger partial charge in [0, 0.05) is 6.04 Å². The van der Waals surface area contributed by atoms with Crippen LogP contribution in [0.25, 0.3) is 0 Å². The van der Waals surface area contributed by atoms with Crippen LogP contribution in [0.3, 0.4) is 0 Å². The van der Waals surface area contributed by atoms with E-state index in [0.29, 0.717) is 16.7 Å². The van der Waals surface area contributed by atoms with Gasteiger partial charge in [-0.15, -0.1) is 0 Å². The summed E-state index contributed by atoms with van der Waals surface area (Å²) in [4.78, 5) is 50.1. The van der Waals surface area contributed by atoms with Crippen molar-refractivity contribution >= 4 is 23.7 Å². The number of imide groups is 1. The molecule has 1 aliphatic rings. The van der Waals surface area contributed by atoms with E-state index in [1.807, 2.05) is 13.8 Å². The third kappa shape index (κ3) is 4.51. The minimum absolute atomic E-state index is 0.00388. The fourth-order valence-corrected chi connectivity index (χ4v) is 2.99. The zero-order valence-corrected chi connectivity index (χ0v) is 16.3. The lowest BCUT2D eigenvalue weighted by Gasteiger charge is -2.14. The molecule has 3 amide bonds. The topological polar surface area (TPSA) is 92.8 Å². The first kappa shape index (κ1) is 20.3. The number of hydrogen-bond acceptors (Lipinski definition) is 5. The van der Waals surface area contributed by atoms with E-state index in [-0.39, 0.29) is 42.5 Å². The molecule has 2 aromatic carbocycles. The minimum Gasteiger partial charge on any atom is -0.452 e. The van der Waals surface area contributed by atoms with Crippen molar-refractivity contribution in [1.82, 2.24) is 10.2 Å². The van der Waals surface area contributed by atoms with Gasteiger partial charge in [0.2, 0.25) is 0 Å². The Balaban J connectivity index is 1.64. The quantitative estimate of drug-likeness (QED) is 0.575. The molecule has 29 heavy (non-hydrogen) atoms. The zero-order chi connectivity index (χ0) is 21.0. The van der Waals surface area contributed by atoms with Gasteiger partial charge in [-0.2, -0.15) is 0 Å². The lowest BCUT2D eigenvalue weighted by Crippen LogP contribution is -2.35. The minimum atomic E-state index is -0.645. The monoisotopic (exact) mass is 394 g/mol. The molecule has 150 valence electrons. The van der Waals surface area contributed by atoms with Gasteiger partial charge in [0.1, 0.15) is 0 Å².